The van der Waals surface area contributed by atoms with Gasteiger partial charge in [0.05, 0.1) is 5.02 Å². The maximum absolute atomic E-state index is 12.5. The maximum atomic E-state index is 12.5. The summed E-state index contributed by atoms with van der Waals surface area (Å²) < 4.78 is 26.5. The SMILES string of the molecule is CC1CN(S(=O)(=O)c2cnccc2Cl)CC(C)S1. The van der Waals surface area contributed by atoms with Crippen molar-refractivity contribution in [2.45, 2.75) is 29.2 Å². The second-order valence-electron chi connectivity index (χ2n) is 4.39. The maximum Gasteiger partial charge on any atom is 0.246 e. The van der Waals surface area contributed by atoms with Crippen LogP contribution in [0.5, 0.6) is 0 Å². The molecule has 1 saturated heterocycles. The molecule has 18 heavy (non-hydrogen) atoms. The molecule has 2 atom stereocenters. The molecule has 0 bridgehead atoms. The molecular formula is C11H15ClN2O2S2. The minimum absolute atomic E-state index is 0.0953. The molecule has 0 N–H and O–H groups in total. The second kappa shape index (κ2) is 5.36. The van der Waals surface area contributed by atoms with E-state index < -0.39 is 10.0 Å². The van der Waals surface area contributed by atoms with Gasteiger partial charge in [-0.05, 0) is 6.07 Å². The van der Waals surface area contributed by atoms with Gasteiger partial charge in [-0.25, -0.2) is 8.42 Å². The van der Waals surface area contributed by atoms with E-state index in [0.717, 1.165) is 0 Å². The highest BCUT2D eigenvalue weighted by atomic mass is 35.5. The highest BCUT2D eigenvalue weighted by Crippen LogP contribution is 2.30. The lowest BCUT2D eigenvalue weighted by molar-refractivity contribution is 0.404. The molecule has 7 heteroatoms. The molecule has 1 aliphatic heterocycles. The molecule has 4 nitrogen and oxygen atoms in total. The molecule has 100 valence electrons. The monoisotopic (exact) mass is 306 g/mol. The Morgan fingerprint density at radius 3 is 2.56 bits per heavy atom. The van der Waals surface area contributed by atoms with Gasteiger partial charge in [-0.2, -0.15) is 16.1 Å². The lowest BCUT2D eigenvalue weighted by Crippen LogP contribution is -2.44. The summed E-state index contributed by atoms with van der Waals surface area (Å²) in [6, 6.07) is 1.50. The van der Waals surface area contributed by atoms with Crippen LogP contribution < -0.4 is 0 Å². The summed E-state index contributed by atoms with van der Waals surface area (Å²) in [4.78, 5) is 3.94. The zero-order valence-corrected chi connectivity index (χ0v) is 12.6. The Kier molecular flexibility index (Phi) is 4.21. The Hall–Kier alpha value is -0.300. The fourth-order valence-electron chi connectivity index (χ4n) is 2.02. The van der Waals surface area contributed by atoms with Crippen LogP contribution in [-0.4, -0.2) is 41.3 Å². The zero-order chi connectivity index (χ0) is 13.3. The Morgan fingerprint density at radius 1 is 1.39 bits per heavy atom. The van der Waals surface area contributed by atoms with Crippen LogP contribution in [0.3, 0.4) is 0 Å². The van der Waals surface area contributed by atoms with Crippen molar-refractivity contribution in [1.29, 1.82) is 0 Å². The van der Waals surface area contributed by atoms with Crippen LogP contribution in [0.2, 0.25) is 5.02 Å². The van der Waals surface area contributed by atoms with Gasteiger partial charge in [-0.3, -0.25) is 4.98 Å². The van der Waals surface area contributed by atoms with Crippen LogP contribution >= 0.6 is 23.4 Å². The predicted octanol–water partition coefficient (Wildman–Crippen LogP) is 2.25. The standard InChI is InChI=1S/C11H15ClN2O2S2/c1-8-6-14(7-9(2)17-8)18(15,16)11-5-13-4-3-10(11)12/h3-5,8-9H,6-7H2,1-2H3. The van der Waals surface area contributed by atoms with Crippen molar-refractivity contribution in [3.8, 4) is 0 Å². The van der Waals surface area contributed by atoms with E-state index in [9.17, 15) is 8.42 Å². The fourth-order valence-corrected chi connectivity index (χ4v) is 5.56. The minimum atomic E-state index is -3.53. The summed E-state index contributed by atoms with van der Waals surface area (Å²) in [6.45, 7) is 5.10. The fraction of sp³-hybridized carbons (Fsp3) is 0.545. The third-order valence-corrected chi connectivity index (χ3v) is 6.27. The predicted molar refractivity (Wildman–Crippen MR) is 74.5 cm³/mol. The third-order valence-electron chi connectivity index (χ3n) is 2.74. The largest absolute Gasteiger partial charge is 0.263 e. The van der Waals surface area contributed by atoms with E-state index in [1.807, 2.05) is 13.8 Å². The van der Waals surface area contributed by atoms with E-state index in [2.05, 4.69) is 4.98 Å². The summed E-state index contributed by atoms with van der Waals surface area (Å²) in [5, 5.41) is 0.807. The van der Waals surface area contributed by atoms with Crippen LogP contribution in [0.25, 0.3) is 0 Å². The van der Waals surface area contributed by atoms with Gasteiger partial charge in [0.15, 0.2) is 0 Å². The summed E-state index contributed by atoms with van der Waals surface area (Å²) in [5.74, 6) is 0. The van der Waals surface area contributed by atoms with Crippen LogP contribution in [0.4, 0.5) is 0 Å². The van der Waals surface area contributed by atoms with Gasteiger partial charge in [0, 0.05) is 36.0 Å². The molecular weight excluding hydrogens is 292 g/mol. The molecule has 1 aliphatic rings. The number of thioether (sulfide) groups is 1. The van der Waals surface area contributed by atoms with Gasteiger partial charge in [-0.15, -0.1) is 0 Å². The second-order valence-corrected chi connectivity index (χ2v) is 8.58. The van der Waals surface area contributed by atoms with Crippen LogP contribution in [0.1, 0.15) is 13.8 Å². The number of sulfonamides is 1. The number of pyridine rings is 1. The highest BCUT2D eigenvalue weighted by molar-refractivity contribution is 8.00. The number of hydrogen-bond acceptors (Lipinski definition) is 4. The molecule has 0 aliphatic carbocycles. The van der Waals surface area contributed by atoms with Gasteiger partial charge in [0.25, 0.3) is 0 Å². The van der Waals surface area contributed by atoms with Crippen molar-refractivity contribution in [2.75, 3.05) is 13.1 Å². The Labute approximate surface area is 117 Å². The minimum Gasteiger partial charge on any atom is -0.263 e. The van der Waals surface area contributed by atoms with Crippen molar-refractivity contribution in [3.63, 3.8) is 0 Å². The van der Waals surface area contributed by atoms with Crippen LogP contribution in [0.15, 0.2) is 23.4 Å². The van der Waals surface area contributed by atoms with Crippen molar-refractivity contribution in [3.05, 3.63) is 23.5 Å². The molecule has 1 aromatic heterocycles. The lowest BCUT2D eigenvalue weighted by atomic mass is 10.4. The quantitative estimate of drug-likeness (QED) is 0.841. The molecule has 0 amide bonds. The average molecular weight is 307 g/mol. The Morgan fingerprint density at radius 2 is 2.00 bits per heavy atom. The topological polar surface area (TPSA) is 50.3 Å². The number of hydrogen-bond donors (Lipinski definition) is 0. The van der Waals surface area contributed by atoms with Gasteiger partial charge < -0.3 is 0 Å². The summed E-state index contributed by atoms with van der Waals surface area (Å²) in [6.07, 6.45) is 2.80. The van der Waals surface area contributed by atoms with E-state index in [-0.39, 0.29) is 9.92 Å². The molecule has 2 rings (SSSR count). The smallest absolute Gasteiger partial charge is 0.246 e. The van der Waals surface area contributed by atoms with Crippen LogP contribution in [-0.2, 0) is 10.0 Å². The number of rotatable bonds is 2. The van der Waals surface area contributed by atoms with E-state index >= 15 is 0 Å². The molecule has 1 aromatic rings. The first-order chi connectivity index (χ1) is 8.41. The third kappa shape index (κ3) is 2.82. The van der Waals surface area contributed by atoms with E-state index in [4.69, 9.17) is 11.6 Å². The van der Waals surface area contributed by atoms with Crippen molar-refractivity contribution >= 4 is 33.4 Å². The van der Waals surface area contributed by atoms with E-state index in [1.165, 1.54) is 22.8 Å². The molecule has 0 aromatic carbocycles. The molecule has 2 unspecified atom stereocenters. The first kappa shape index (κ1) is 14.1. The van der Waals surface area contributed by atoms with Gasteiger partial charge >= 0.3 is 0 Å². The summed E-state index contributed by atoms with van der Waals surface area (Å²) >= 11 is 7.76. The van der Waals surface area contributed by atoms with E-state index in [0.29, 0.717) is 23.6 Å². The zero-order valence-electron chi connectivity index (χ0n) is 10.2. The van der Waals surface area contributed by atoms with Gasteiger partial charge in [0.2, 0.25) is 10.0 Å². The molecule has 0 radical (unpaired) electrons. The normalized spacial score (nSPS) is 26.2. The van der Waals surface area contributed by atoms with Gasteiger partial charge in [-0.1, -0.05) is 25.4 Å². The molecule has 1 fully saturated rings. The first-order valence-electron chi connectivity index (χ1n) is 5.66. The van der Waals surface area contributed by atoms with Gasteiger partial charge in [0.1, 0.15) is 4.90 Å². The number of halogens is 1. The Bertz CT molecular complexity index is 526. The van der Waals surface area contributed by atoms with Crippen molar-refractivity contribution in [2.24, 2.45) is 0 Å². The lowest BCUT2D eigenvalue weighted by Gasteiger charge is -2.33. The first-order valence-corrected chi connectivity index (χ1v) is 8.42. The average Bonchev–Trinajstić information content (AvgIpc) is 2.28. The summed E-state index contributed by atoms with van der Waals surface area (Å²) in [5.41, 5.74) is 0. The van der Waals surface area contributed by atoms with Crippen LogP contribution in [0, 0.1) is 0 Å². The van der Waals surface area contributed by atoms with E-state index in [1.54, 1.807) is 11.8 Å². The number of aromatic nitrogens is 1. The molecule has 0 spiro atoms. The van der Waals surface area contributed by atoms with Crippen molar-refractivity contribution in [1.82, 2.24) is 9.29 Å². The number of nitrogens with zero attached hydrogens (tertiary/aromatic N) is 2. The highest BCUT2D eigenvalue weighted by Gasteiger charge is 2.33. The van der Waals surface area contributed by atoms with Crippen molar-refractivity contribution < 1.29 is 8.42 Å². The molecule has 0 saturated carbocycles. The Balaban J connectivity index is 2.34. The molecule has 2 heterocycles. The summed E-state index contributed by atoms with van der Waals surface area (Å²) in [7, 11) is -3.53.